The Hall–Kier alpha value is -1.80. The summed E-state index contributed by atoms with van der Waals surface area (Å²) in [6.45, 7) is 2.11. The zero-order chi connectivity index (χ0) is 13.8. The molecule has 0 heterocycles. The molecule has 0 amide bonds. The fraction of sp³-hybridized carbons (Fsp3) is 0.188. The van der Waals surface area contributed by atoms with Gasteiger partial charge in [-0.3, -0.25) is 4.79 Å². The lowest BCUT2D eigenvalue weighted by Crippen LogP contribution is -2.04. The molecule has 2 aromatic rings. The van der Waals surface area contributed by atoms with E-state index in [0.717, 1.165) is 12.0 Å². The number of ketones is 1. The zero-order valence-electron chi connectivity index (χ0n) is 10.8. The van der Waals surface area contributed by atoms with Crippen molar-refractivity contribution in [1.82, 2.24) is 0 Å². The second kappa shape index (κ2) is 5.89. The van der Waals surface area contributed by atoms with Crippen LogP contribution in [0.4, 0.5) is 5.69 Å². The third-order valence-electron chi connectivity index (χ3n) is 3.11. The van der Waals surface area contributed by atoms with Gasteiger partial charge in [0.2, 0.25) is 0 Å². The second-order valence-electron chi connectivity index (χ2n) is 4.51. The van der Waals surface area contributed by atoms with E-state index < -0.39 is 0 Å². The molecule has 19 heavy (non-hydrogen) atoms. The average Bonchev–Trinajstić information content (AvgIpc) is 2.42. The van der Waals surface area contributed by atoms with Gasteiger partial charge in [0.25, 0.3) is 0 Å². The SMILES string of the molecule is CCc1ccc(CC(=O)c2ccc(Cl)c(N)c2)cc1. The van der Waals surface area contributed by atoms with Gasteiger partial charge in [0.1, 0.15) is 0 Å². The summed E-state index contributed by atoms with van der Waals surface area (Å²) in [5.74, 6) is 0.0487. The van der Waals surface area contributed by atoms with Crippen molar-refractivity contribution >= 4 is 23.1 Å². The number of anilines is 1. The first-order chi connectivity index (χ1) is 9.10. The third kappa shape index (κ3) is 3.36. The molecular weight excluding hydrogens is 258 g/mol. The second-order valence-corrected chi connectivity index (χ2v) is 4.91. The summed E-state index contributed by atoms with van der Waals surface area (Å²) in [4.78, 5) is 12.1. The van der Waals surface area contributed by atoms with E-state index >= 15 is 0 Å². The van der Waals surface area contributed by atoms with Crippen molar-refractivity contribution in [3.63, 3.8) is 0 Å². The summed E-state index contributed by atoms with van der Waals surface area (Å²) in [6.07, 6.45) is 1.38. The minimum Gasteiger partial charge on any atom is -0.398 e. The lowest BCUT2D eigenvalue weighted by molar-refractivity contribution is 0.0993. The molecule has 0 aromatic heterocycles. The van der Waals surface area contributed by atoms with Gasteiger partial charge >= 0.3 is 0 Å². The molecule has 0 bridgehead atoms. The molecule has 0 aliphatic carbocycles. The van der Waals surface area contributed by atoms with E-state index in [-0.39, 0.29) is 5.78 Å². The summed E-state index contributed by atoms with van der Waals surface area (Å²) in [5.41, 5.74) is 9.02. The summed E-state index contributed by atoms with van der Waals surface area (Å²) < 4.78 is 0. The normalized spacial score (nSPS) is 10.4. The number of benzene rings is 2. The molecule has 2 nitrogen and oxygen atoms in total. The van der Waals surface area contributed by atoms with E-state index in [2.05, 4.69) is 19.1 Å². The molecular formula is C16H16ClNO. The minimum absolute atomic E-state index is 0.0487. The van der Waals surface area contributed by atoms with Gasteiger partial charge in [-0.15, -0.1) is 0 Å². The molecule has 2 aromatic carbocycles. The molecule has 0 fully saturated rings. The molecule has 0 aliphatic heterocycles. The maximum atomic E-state index is 12.1. The van der Waals surface area contributed by atoms with Crippen LogP contribution >= 0.6 is 11.6 Å². The Balaban J connectivity index is 2.13. The Labute approximate surface area is 118 Å². The molecule has 2 N–H and O–H groups in total. The predicted octanol–water partition coefficient (Wildman–Crippen LogP) is 3.91. The van der Waals surface area contributed by atoms with Crippen LogP contribution in [0.5, 0.6) is 0 Å². The first-order valence-corrected chi connectivity index (χ1v) is 6.64. The molecule has 0 radical (unpaired) electrons. The zero-order valence-corrected chi connectivity index (χ0v) is 11.6. The van der Waals surface area contributed by atoms with Crippen molar-refractivity contribution in [3.8, 4) is 0 Å². The average molecular weight is 274 g/mol. The topological polar surface area (TPSA) is 43.1 Å². The Bertz CT molecular complexity index is 590. The van der Waals surface area contributed by atoms with Gasteiger partial charge in [0.15, 0.2) is 5.78 Å². The first-order valence-electron chi connectivity index (χ1n) is 6.26. The van der Waals surface area contributed by atoms with Gasteiger partial charge in [-0.1, -0.05) is 42.8 Å². The van der Waals surface area contributed by atoms with Crippen LogP contribution in [-0.4, -0.2) is 5.78 Å². The quantitative estimate of drug-likeness (QED) is 0.678. The highest BCUT2D eigenvalue weighted by Gasteiger charge is 2.08. The number of nitrogen functional groups attached to an aromatic ring is 1. The summed E-state index contributed by atoms with van der Waals surface area (Å²) in [7, 11) is 0. The van der Waals surface area contributed by atoms with Crippen molar-refractivity contribution in [2.24, 2.45) is 0 Å². The van der Waals surface area contributed by atoms with Crippen molar-refractivity contribution in [2.45, 2.75) is 19.8 Å². The molecule has 0 spiro atoms. The van der Waals surface area contributed by atoms with E-state index in [1.807, 2.05) is 12.1 Å². The fourth-order valence-electron chi connectivity index (χ4n) is 1.90. The van der Waals surface area contributed by atoms with Gasteiger partial charge in [-0.05, 0) is 35.7 Å². The highest BCUT2D eigenvalue weighted by molar-refractivity contribution is 6.33. The molecule has 2 rings (SSSR count). The Morgan fingerprint density at radius 1 is 1.11 bits per heavy atom. The summed E-state index contributed by atoms with van der Waals surface area (Å²) >= 11 is 5.84. The van der Waals surface area contributed by atoms with Gasteiger partial charge in [0.05, 0.1) is 10.7 Å². The monoisotopic (exact) mass is 273 g/mol. The number of rotatable bonds is 4. The highest BCUT2D eigenvalue weighted by atomic mass is 35.5. The summed E-state index contributed by atoms with van der Waals surface area (Å²) in [6, 6.07) is 13.1. The molecule has 0 unspecified atom stereocenters. The van der Waals surface area contributed by atoms with Gasteiger partial charge < -0.3 is 5.73 Å². The molecule has 0 saturated carbocycles. The summed E-state index contributed by atoms with van der Waals surface area (Å²) in [5, 5.41) is 0.476. The van der Waals surface area contributed by atoms with E-state index in [1.165, 1.54) is 5.56 Å². The van der Waals surface area contributed by atoms with E-state index in [0.29, 0.717) is 22.7 Å². The predicted molar refractivity (Wildman–Crippen MR) is 79.7 cm³/mol. The lowest BCUT2D eigenvalue weighted by atomic mass is 10.0. The van der Waals surface area contributed by atoms with E-state index in [9.17, 15) is 4.79 Å². The number of hydrogen-bond acceptors (Lipinski definition) is 2. The van der Waals surface area contributed by atoms with Crippen LogP contribution in [0.2, 0.25) is 5.02 Å². The molecule has 0 saturated heterocycles. The highest BCUT2D eigenvalue weighted by Crippen LogP contribution is 2.20. The van der Waals surface area contributed by atoms with E-state index in [4.69, 9.17) is 17.3 Å². The smallest absolute Gasteiger partial charge is 0.167 e. The molecule has 0 aliphatic rings. The van der Waals surface area contributed by atoms with Crippen molar-refractivity contribution in [3.05, 3.63) is 64.2 Å². The van der Waals surface area contributed by atoms with Crippen LogP contribution in [0.3, 0.4) is 0 Å². The number of Topliss-reactive ketones (excluding diaryl/α,β-unsaturated/α-hetero) is 1. The van der Waals surface area contributed by atoms with Crippen molar-refractivity contribution < 1.29 is 4.79 Å². The fourth-order valence-corrected chi connectivity index (χ4v) is 2.02. The number of carbonyl (C=O) groups is 1. The van der Waals surface area contributed by atoms with Gasteiger partial charge in [0, 0.05) is 12.0 Å². The minimum atomic E-state index is 0.0487. The maximum absolute atomic E-state index is 12.1. The largest absolute Gasteiger partial charge is 0.398 e. The Morgan fingerprint density at radius 2 is 1.74 bits per heavy atom. The number of carbonyl (C=O) groups excluding carboxylic acids is 1. The first kappa shape index (κ1) is 13.6. The molecule has 98 valence electrons. The van der Waals surface area contributed by atoms with Crippen LogP contribution in [0.25, 0.3) is 0 Å². The van der Waals surface area contributed by atoms with Crippen molar-refractivity contribution in [2.75, 3.05) is 5.73 Å². The molecule has 0 atom stereocenters. The number of hydrogen-bond donors (Lipinski definition) is 1. The van der Waals surface area contributed by atoms with Crippen LogP contribution in [-0.2, 0) is 12.8 Å². The van der Waals surface area contributed by atoms with Crippen LogP contribution < -0.4 is 5.73 Å². The number of halogens is 1. The lowest BCUT2D eigenvalue weighted by Gasteiger charge is -2.05. The van der Waals surface area contributed by atoms with Gasteiger partial charge in [-0.2, -0.15) is 0 Å². The van der Waals surface area contributed by atoms with Crippen LogP contribution in [0.15, 0.2) is 42.5 Å². The maximum Gasteiger partial charge on any atom is 0.167 e. The number of aryl methyl sites for hydroxylation is 1. The molecule has 3 heteroatoms. The van der Waals surface area contributed by atoms with Crippen LogP contribution in [0.1, 0.15) is 28.4 Å². The van der Waals surface area contributed by atoms with Crippen molar-refractivity contribution in [1.29, 1.82) is 0 Å². The Kier molecular flexibility index (Phi) is 4.23. The van der Waals surface area contributed by atoms with Crippen LogP contribution in [0, 0.1) is 0 Å². The standard InChI is InChI=1S/C16H16ClNO/c1-2-11-3-5-12(6-4-11)9-16(19)13-7-8-14(17)15(18)10-13/h3-8,10H,2,9,18H2,1H3. The Morgan fingerprint density at radius 3 is 2.32 bits per heavy atom. The van der Waals surface area contributed by atoms with Gasteiger partial charge in [-0.25, -0.2) is 0 Å². The van der Waals surface area contributed by atoms with E-state index in [1.54, 1.807) is 18.2 Å². The number of nitrogens with two attached hydrogens (primary N) is 1. The third-order valence-corrected chi connectivity index (χ3v) is 3.46.